The van der Waals surface area contributed by atoms with E-state index in [9.17, 15) is 4.79 Å². The van der Waals surface area contributed by atoms with Gasteiger partial charge in [-0.2, -0.15) is 0 Å². The molecule has 0 radical (unpaired) electrons. The van der Waals surface area contributed by atoms with Gasteiger partial charge in [-0.15, -0.1) is 0 Å². The van der Waals surface area contributed by atoms with Crippen molar-refractivity contribution in [2.24, 2.45) is 11.7 Å². The number of carbonyl (C=O) groups is 1. The monoisotopic (exact) mass is 275 g/mol. The highest BCUT2D eigenvalue weighted by Gasteiger charge is 2.23. The number of hydrogen-bond acceptors (Lipinski definition) is 3. The maximum Gasteiger partial charge on any atom is 0.253 e. The molecule has 1 saturated heterocycles. The van der Waals surface area contributed by atoms with Crippen molar-refractivity contribution >= 4 is 11.6 Å². The van der Waals surface area contributed by atoms with Crippen molar-refractivity contribution in [2.45, 2.75) is 19.3 Å². The quantitative estimate of drug-likeness (QED) is 0.914. The highest BCUT2D eigenvalue weighted by Crippen LogP contribution is 2.22. The first kappa shape index (κ1) is 14.9. The van der Waals surface area contributed by atoms with E-state index < -0.39 is 0 Å². The first-order valence-electron chi connectivity index (χ1n) is 7.38. The Balaban J connectivity index is 2.00. The third kappa shape index (κ3) is 3.51. The van der Waals surface area contributed by atoms with Crippen LogP contribution in [0.3, 0.4) is 0 Å². The molecule has 1 fully saturated rings. The molecule has 0 atom stereocenters. The second-order valence-electron chi connectivity index (χ2n) is 5.76. The summed E-state index contributed by atoms with van der Waals surface area (Å²) in [4.78, 5) is 16.5. The van der Waals surface area contributed by atoms with Crippen molar-refractivity contribution in [3.8, 4) is 0 Å². The van der Waals surface area contributed by atoms with Gasteiger partial charge in [0.05, 0.1) is 0 Å². The van der Waals surface area contributed by atoms with Gasteiger partial charge in [-0.1, -0.05) is 6.07 Å². The van der Waals surface area contributed by atoms with Crippen LogP contribution in [0.5, 0.6) is 0 Å². The van der Waals surface area contributed by atoms with Crippen LogP contribution in [-0.4, -0.2) is 44.5 Å². The molecule has 1 aliphatic rings. The number of piperidine rings is 1. The Labute approximate surface area is 121 Å². The number of rotatable bonds is 4. The molecule has 2 rings (SSSR count). The molecule has 0 aliphatic carbocycles. The predicted octanol–water partition coefficient (Wildman–Crippen LogP) is 1.95. The van der Waals surface area contributed by atoms with Crippen molar-refractivity contribution < 1.29 is 4.79 Å². The van der Waals surface area contributed by atoms with Crippen LogP contribution in [0, 0.1) is 5.92 Å². The zero-order valence-corrected chi connectivity index (χ0v) is 12.5. The average Bonchev–Trinajstić information content (AvgIpc) is 2.48. The third-order valence-electron chi connectivity index (χ3n) is 4.09. The van der Waals surface area contributed by atoms with Gasteiger partial charge >= 0.3 is 0 Å². The lowest BCUT2D eigenvalue weighted by atomic mass is 9.93. The van der Waals surface area contributed by atoms with E-state index in [0.717, 1.165) is 50.1 Å². The van der Waals surface area contributed by atoms with Crippen molar-refractivity contribution in [3.63, 3.8) is 0 Å². The molecule has 0 saturated carbocycles. The zero-order chi connectivity index (χ0) is 14.5. The number of nitrogens with two attached hydrogens (primary N) is 1. The van der Waals surface area contributed by atoms with Crippen molar-refractivity contribution in [3.05, 3.63) is 29.8 Å². The Hall–Kier alpha value is -1.55. The summed E-state index contributed by atoms with van der Waals surface area (Å²) in [6.45, 7) is 2.47. The fourth-order valence-corrected chi connectivity index (χ4v) is 2.76. The minimum absolute atomic E-state index is 0.153. The highest BCUT2D eigenvalue weighted by atomic mass is 16.2. The summed E-state index contributed by atoms with van der Waals surface area (Å²) in [6.07, 6.45) is 3.24. The fourth-order valence-electron chi connectivity index (χ4n) is 2.76. The van der Waals surface area contributed by atoms with Gasteiger partial charge in [-0.05, 0) is 49.9 Å². The van der Waals surface area contributed by atoms with Crippen LogP contribution < -0.4 is 10.6 Å². The molecule has 110 valence electrons. The summed E-state index contributed by atoms with van der Waals surface area (Å²) in [7, 11) is 3.98. The maximum atomic E-state index is 12.5. The van der Waals surface area contributed by atoms with Crippen LogP contribution in [-0.2, 0) is 0 Å². The maximum absolute atomic E-state index is 12.5. The van der Waals surface area contributed by atoms with Crippen LogP contribution in [0.1, 0.15) is 29.6 Å². The lowest BCUT2D eigenvalue weighted by molar-refractivity contribution is 0.0688. The molecular weight excluding hydrogens is 250 g/mol. The molecule has 0 unspecified atom stereocenters. The van der Waals surface area contributed by atoms with Crippen molar-refractivity contribution in [1.29, 1.82) is 0 Å². The Kier molecular flexibility index (Phi) is 5.01. The summed E-state index contributed by atoms with van der Waals surface area (Å²) < 4.78 is 0. The number of anilines is 1. The highest BCUT2D eigenvalue weighted by molar-refractivity contribution is 5.95. The Morgan fingerprint density at radius 2 is 2.05 bits per heavy atom. The molecule has 4 heteroatoms. The Morgan fingerprint density at radius 3 is 2.65 bits per heavy atom. The normalized spacial score (nSPS) is 16.2. The van der Waals surface area contributed by atoms with Crippen molar-refractivity contribution in [1.82, 2.24) is 4.90 Å². The predicted molar refractivity (Wildman–Crippen MR) is 83.1 cm³/mol. The summed E-state index contributed by atoms with van der Waals surface area (Å²) >= 11 is 0. The standard InChI is InChI=1S/C16H25N3O/c1-18(2)15-5-3-4-14(12-15)16(20)19-10-7-13(6-9-17)8-11-19/h3-5,12-13H,6-11,17H2,1-2H3. The molecule has 1 aromatic carbocycles. The van der Waals surface area contributed by atoms with E-state index in [1.165, 1.54) is 0 Å². The van der Waals surface area contributed by atoms with E-state index in [1.807, 2.05) is 48.2 Å². The van der Waals surface area contributed by atoms with Crippen LogP contribution in [0.15, 0.2) is 24.3 Å². The SMILES string of the molecule is CN(C)c1cccc(C(=O)N2CCC(CCN)CC2)c1. The topological polar surface area (TPSA) is 49.6 Å². The van der Waals surface area contributed by atoms with E-state index >= 15 is 0 Å². The fraction of sp³-hybridized carbons (Fsp3) is 0.562. The van der Waals surface area contributed by atoms with Gasteiger partial charge in [0.1, 0.15) is 0 Å². The van der Waals surface area contributed by atoms with Gasteiger partial charge < -0.3 is 15.5 Å². The lowest BCUT2D eigenvalue weighted by Gasteiger charge is -2.32. The van der Waals surface area contributed by atoms with E-state index in [0.29, 0.717) is 5.92 Å². The van der Waals surface area contributed by atoms with E-state index in [2.05, 4.69) is 0 Å². The molecule has 1 amide bonds. The lowest BCUT2D eigenvalue weighted by Crippen LogP contribution is -2.38. The van der Waals surface area contributed by atoms with Crippen LogP contribution >= 0.6 is 0 Å². The van der Waals surface area contributed by atoms with Crippen molar-refractivity contribution in [2.75, 3.05) is 38.6 Å². The van der Waals surface area contributed by atoms with Crippen LogP contribution in [0.25, 0.3) is 0 Å². The van der Waals surface area contributed by atoms with Gasteiger partial charge in [0.15, 0.2) is 0 Å². The molecule has 2 N–H and O–H groups in total. The average molecular weight is 275 g/mol. The second-order valence-corrected chi connectivity index (χ2v) is 5.76. The summed E-state index contributed by atoms with van der Waals surface area (Å²) in [6, 6.07) is 7.84. The van der Waals surface area contributed by atoms with Gasteiger partial charge in [-0.25, -0.2) is 0 Å². The number of amides is 1. The molecule has 20 heavy (non-hydrogen) atoms. The minimum Gasteiger partial charge on any atom is -0.378 e. The number of hydrogen-bond donors (Lipinski definition) is 1. The third-order valence-corrected chi connectivity index (χ3v) is 4.09. The summed E-state index contributed by atoms with van der Waals surface area (Å²) in [5.74, 6) is 0.844. The van der Waals surface area contributed by atoms with E-state index in [4.69, 9.17) is 5.73 Å². The van der Waals surface area contributed by atoms with Crippen LogP contribution in [0.2, 0.25) is 0 Å². The zero-order valence-electron chi connectivity index (χ0n) is 12.5. The molecule has 1 heterocycles. The number of carbonyl (C=O) groups excluding carboxylic acids is 1. The van der Waals surface area contributed by atoms with Gasteiger partial charge in [0, 0.05) is 38.4 Å². The van der Waals surface area contributed by atoms with E-state index in [-0.39, 0.29) is 5.91 Å². The molecule has 1 aromatic rings. The molecule has 0 spiro atoms. The molecule has 0 bridgehead atoms. The van der Waals surface area contributed by atoms with E-state index in [1.54, 1.807) is 0 Å². The Morgan fingerprint density at radius 1 is 1.35 bits per heavy atom. The van der Waals surface area contributed by atoms with Gasteiger partial charge in [0.2, 0.25) is 0 Å². The van der Waals surface area contributed by atoms with Gasteiger partial charge in [-0.3, -0.25) is 4.79 Å². The molecule has 4 nitrogen and oxygen atoms in total. The number of likely N-dealkylation sites (tertiary alicyclic amines) is 1. The largest absolute Gasteiger partial charge is 0.378 e. The van der Waals surface area contributed by atoms with Gasteiger partial charge in [0.25, 0.3) is 5.91 Å². The molecule has 0 aromatic heterocycles. The first-order valence-corrected chi connectivity index (χ1v) is 7.38. The minimum atomic E-state index is 0.153. The smallest absolute Gasteiger partial charge is 0.253 e. The van der Waals surface area contributed by atoms with Crippen LogP contribution in [0.4, 0.5) is 5.69 Å². The second kappa shape index (κ2) is 6.75. The molecular formula is C16H25N3O. The first-order chi connectivity index (χ1) is 9.61. The number of nitrogens with zero attached hydrogens (tertiary/aromatic N) is 2. The summed E-state index contributed by atoms with van der Waals surface area (Å²) in [5, 5.41) is 0. The Bertz CT molecular complexity index is 451. The number of benzene rings is 1. The molecule has 1 aliphatic heterocycles. The summed E-state index contributed by atoms with van der Waals surface area (Å²) in [5.41, 5.74) is 7.45.